The molecule has 0 aliphatic carbocycles. The molecule has 0 heterocycles. The van der Waals surface area contributed by atoms with Crippen molar-refractivity contribution in [2.45, 2.75) is 283 Å². The molecule has 0 radical (unpaired) electrons. The summed E-state index contributed by atoms with van der Waals surface area (Å²) < 4.78 is 32.9. The van der Waals surface area contributed by atoms with Crippen LogP contribution in [0.2, 0.25) is 0 Å². The van der Waals surface area contributed by atoms with E-state index in [0.29, 0.717) is 6.42 Å². The fourth-order valence-corrected chi connectivity index (χ4v) is 9.14. The van der Waals surface area contributed by atoms with Crippen LogP contribution in [0.5, 0.6) is 0 Å². The van der Waals surface area contributed by atoms with Crippen LogP contribution in [0, 0.1) is 0 Å². The van der Waals surface area contributed by atoms with Gasteiger partial charge in [0.05, 0.1) is 13.2 Å². The molecule has 2 unspecified atom stereocenters. The van der Waals surface area contributed by atoms with Crippen molar-refractivity contribution in [1.82, 2.24) is 0 Å². The van der Waals surface area contributed by atoms with E-state index in [1.807, 2.05) is 0 Å². The molecule has 0 fully saturated rings. The minimum atomic E-state index is -4.38. The number of esters is 2. The molecule has 0 rings (SSSR count). The van der Waals surface area contributed by atoms with E-state index in [9.17, 15) is 19.0 Å². The first-order valence-electron chi connectivity index (χ1n) is 29.3. The molecule has 9 nitrogen and oxygen atoms in total. The molecule has 0 aliphatic heterocycles. The van der Waals surface area contributed by atoms with Gasteiger partial charge in [-0.15, -0.1) is 0 Å². The Morgan fingerprint density at radius 1 is 0.443 bits per heavy atom. The highest BCUT2D eigenvalue weighted by molar-refractivity contribution is 7.47. The number of phosphoric ester groups is 1. The lowest BCUT2D eigenvalue weighted by atomic mass is 10.0. The molecule has 408 valence electrons. The van der Waals surface area contributed by atoms with E-state index in [-0.39, 0.29) is 38.6 Å². The Bertz CT molecular complexity index is 1330. The average Bonchev–Trinajstić information content (AvgIpc) is 3.35. The molecular weight excluding hydrogens is 894 g/mol. The van der Waals surface area contributed by atoms with Crippen molar-refractivity contribution < 1.29 is 37.6 Å². The van der Waals surface area contributed by atoms with E-state index in [2.05, 4.69) is 74.6 Å². The number of hydrogen-bond acceptors (Lipinski definition) is 8. The summed E-state index contributed by atoms with van der Waals surface area (Å²) >= 11 is 0. The van der Waals surface area contributed by atoms with Gasteiger partial charge in [-0.2, -0.15) is 0 Å². The van der Waals surface area contributed by atoms with Gasteiger partial charge in [0.25, 0.3) is 0 Å². The first-order valence-corrected chi connectivity index (χ1v) is 30.8. The SMILES string of the molecule is CC/C=C\C/C=C\C/C=C\C/C=C\C/C=C\CCCCCCCCCCCCCCCCCCCCCCCC(=O)OC(COC(=O)CCCCCCCCCCCCCC)COP(=O)(O)OCCN. The summed E-state index contributed by atoms with van der Waals surface area (Å²) in [6.45, 7) is 3.65. The minimum Gasteiger partial charge on any atom is -0.462 e. The van der Waals surface area contributed by atoms with Crippen LogP contribution in [0.3, 0.4) is 0 Å². The molecule has 0 aromatic carbocycles. The van der Waals surface area contributed by atoms with Crippen LogP contribution in [0.1, 0.15) is 277 Å². The van der Waals surface area contributed by atoms with E-state index in [1.165, 1.54) is 180 Å². The molecule has 0 saturated heterocycles. The van der Waals surface area contributed by atoms with Gasteiger partial charge >= 0.3 is 19.8 Å². The molecule has 0 aromatic rings. The van der Waals surface area contributed by atoms with Crippen LogP contribution >= 0.6 is 7.82 Å². The van der Waals surface area contributed by atoms with Crippen LogP contribution < -0.4 is 5.73 Å². The number of allylic oxidation sites excluding steroid dienone is 10. The van der Waals surface area contributed by atoms with Crippen molar-refractivity contribution in [3.63, 3.8) is 0 Å². The highest BCUT2D eigenvalue weighted by atomic mass is 31.2. The Hall–Kier alpha value is -2.29. The number of rotatable bonds is 55. The van der Waals surface area contributed by atoms with Gasteiger partial charge < -0.3 is 20.1 Å². The minimum absolute atomic E-state index is 0.0551. The summed E-state index contributed by atoms with van der Waals surface area (Å²) in [7, 11) is -4.38. The fraction of sp³-hybridized carbons (Fsp3) is 0.800. The van der Waals surface area contributed by atoms with Gasteiger partial charge in [0.2, 0.25) is 0 Å². The first kappa shape index (κ1) is 67.7. The third-order valence-electron chi connectivity index (χ3n) is 12.7. The standard InChI is InChI=1S/C60H110NO8P/c1-3-5-7-9-11-13-15-17-18-19-20-21-22-23-24-25-26-27-28-29-30-31-32-33-34-35-36-37-38-39-40-41-43-45-47-49-51-53-60(63)69-58(57-68-70(64,65)67-55-54-61)56-66-59(62)52-50-48-46-44-42-16-14-12-10-8-6-4-2/h5,7,11,13,17-18,20-21,23-24,58H,3-4,6,8-10,12,14-16,19,22,25-57,61H2,1-2H3,(H,64,65)/b7-5-,13-11-,18-17-,21-20-,24-23-. The molecular formula is C60H110NO8P. The second kappa shape index (κ2) is 56.0. The summed E-state index contributed by atoms with van der Waals surface area (Å²) in [5.74, 6) is -0.816. The molecule has 0 aromatic heterocycles. The molecule has 0 aliphatic rings. The van der Waals surface area contributed by atoms with Crippen molar-refractivity contribution >= 4 is 19.8 Å². The average molecular weight is 1000 g/mol. The van der Waals surface area contributed by atoms with Crippen molar-refractivity contribution in [1.29, 1.82) is 0 Å². The maximum atomic E-state index is 12.7. The molecule has 70 heavy (non-hydrogen) atoms. The molecule has 2 atom stereocenters. The molecule has 10 heteroatoms. The Morgan fingerprint density at radius 3 is 1.17 bits per heavy atom. The predicted octanol–water partition coefficient (Wildman–Crippen LogP) is 18.3. The van der Waals surface area contributed by atoms with E-state index >= 15 is 0 Å². The van der Waals surface area contributed by atoms with Crippen molar-refractivity contribution in [3.8, 4) is 0 Å². The zero-order valence-electron chi connectivity index (χ0n) is 45.5. The van der Waals surface area contributed by atoms with Crippen molar-refractivity contribution in [3.05, 3.63) is 60.8 Å². The normalized spacial score (nSPS) is 13.5. The van der Waals surface area contributed by atoms with Crippen LogP contribution in [-0.4, -0.2) is 49.3 Å². The zero-order chi connectivity index (χ0) is 51.0. The maximum absolute atomic E-state index is 12.7. The molecule has 3 N–H and O–H groups in total. The second-order valence-electron chi connectivity index (χ2n) is 19.5. The summed E-state index contributed by atoms with van der Waals surface area (Å²) in [5, 5.41) is 0. The van der Waals surface area contributed by atoms with Gasteiger partial charge in [0, 0.05) is 19.4 Å². The Morgan fingerprint density at radius 2 is 0.786 bits per heavy atom. The molecule has 0 amide bonds. The molecule has 0 spiro atoms. The lowest BCUT2D eigenvalue weighted by Crippen LogP contribution is -2.29. The topological polar surface area (TPSA) is 134 Å². The Labute approximate surface area is 431 Å². The number of unbranched alkanes of at least 4 members (excludes halogenated alkanes) is 32. The number of nitrogens with two attached hydrogens (primary N) is 1. The number of carbonyl (C=O) groups is 2. The Kier molecular flexibility index (Phi) is 54.2. The Balaban J connectivity index is 3.79. The van der Waals surface area contributed by atoms with Crippen molar-refractivity contribution in [2.24, 2.45) is 5.73 Å². The van der Waals surface area contributed by atoms with Crippen molar-refractivity contribution in [2.75, 3.05) is 26.4 Å². The summed E-state index contributed by atoms with van der Waals surface area (Å²) in [6, 6.07) is 0. The van der Waals surface area contributed by atoms with Crippen LogP contribution in [0.4, 0.5) is 0 Å². The highest BCUT2D eigenvalue weighted by Crippen LogP contribution is 2.43. The number of carbonyl (C=O) groups excluding carboxylic acids is 2. The summed E-state index contributed by atoms with van der Waals surface area (Å²) in [4.78, 5) is 35.0. The van der Waals surface area contributed by atoms with Crippen LogP contribution in [0.25, 0.3) is 0 Å². The monoisotopic (exact) mass is 1000 g/mol. The predicted molar refractivity (Wildman–Crippen MR) is 298 cm³/mol. The molecule has 0 bridgehead atoms. The van der Waals surface area contributed by atoms with Gasteiger partial charge in [-0.05, 0) is 57.8 Å². The van der Waals surface area contributed by atoms with Gasteiger partial charge in [0.15, 0.2) is 6.10 Å². The molecule has 0 saturated carbocycles. The third kappa shape index (κ3) is 55.0. The zero-order valence-corrected chi connectivity index (χ0v) is 46.4. The van der Waals surface area contributed by atoms with E-state index in [0.717, 1.165) is 64.2 Å². The second-order valence-corrected chi connectivity index (χ2v) is 20.9. The number of phosphoric acid groups is 1. The first-order chi connectivity index (χ1) is 34.3. The van der Waals surface area contributed by atoms with Gasteiger partial charge in [-0.3, -0.25) is 18.6 Å². The quantitative estimate of drug-likeness (QED) is 0.0264. The largest absolute Gasteiger partial charge is 0.472 e. The summed E-state index contributed by atoms with van der Waals surface area (Å²) in [6.07, 6.45) is 70.2. The third-order valence-corrected chi connectivity index (χ3v) is 13.7. The smallest absolute Gasteiger partial charge is 0.462 e. The lowest BCUT2D eigenvalue weighted by Gasteiger charge is -2.19. The van der Waals surface area contributed by atoms with Crippen LogP contribution in [-0.2, 0) is 32.7 Å². The number of hydrogen-bond donors (Lipinski definition) is 2. The van der Waals surface area contributed by atoms with Gasteiger partial charge in [-0.25, -0.2) is 4.57 Å². The summed E-state index contributed by atoms with van der Waals surface area (Å²) in [5.41, 5.74) is 5.37. The lowest BCUT2D eigenvalue weighted by molar-refractivity contribution is -0.161. The highest BCUT2D eigenvalue weighted by Gasteiger charge is 2.26. The van der Waals surface area contributed by atoms with Crippen LogP contribution in [0.15, 0.2) is 60.8 Å². The fourth-order valence-electron chi connectivity index (χ4n) is 8.37. The maximum Gasteiger partial charge on any atom is 0.472 e. The van der Waals surface area contributed by atoms with E-state index in [1.54, 1.807) is 0 Å². The van der Waals surface area contributed by atoms with E-state index < -0.39 is 26.5 Å². The van der Waals surface area contributed by atoms with Gasteiger partial charge in [-0.1, -0.05) is 267 Å². The van der Waals surface area contributed by atoms with Gasteiger partial charge in [0.1, 0.15) is 6.61 Å². The van der Waals surface area contributed by atoms with E-state index in [4.69, 9.17) is 24.3 Å². The number of ether oxygens (including phenoxy) is 2.